The molecule has 1 aliphatic heterocycles. The Kier molecular flexibility index (Phi) is 5.27. The predicted molar refractivity (Wildman–Crippen MR) is 116 cm³/mol. The fourth-order valence-electron chi connectivity index (χ4n) is 3.57. The van der Waals surface area contributed by atoms with Gasteiger partial charge in [0.1, 0.15) is 5.76 Å². The Morgan fingerprint density at radius 2 is 1.65 bits per heavy atom. The molecule has 0 saturated carbocycles. The minimum atomic E-state index is -0.987. The number of carbonyl (C=O) groups excluding carboxylic acids is 2. The molecule has 1 atom stereocenters. The minimum Gasteiger partial charge on any atom is -0.507 e. The van der Waals surface area contributed by atoms with Gasteiger partial charge in [0.15, 0.2) is 0 Å². The lowest BCUT2D eigenvalue weighted by atomic mass is 9.95. The van der Waals surface area contributed by atoms with E-state index in [1.807, 2.05) is 0 Å². The van der Waals surface area contributed by atoms with Crippen LogP contribution < -0.4 is 4.90 Å². The number of non-ortho nitro benzene ring substituents is 1. The fraction of sp³-hybridized carbons (Fsp3) is 0.0435. The average Bonchev–Trinajstić information content (AvgIpc) is 3.05. The Hall–Kier alpha value is -3.97. The van der Waals surface area contributed by atoms with Crippen LogP contribution in [-0.2, 0) is 9.59 Å². The quantitative estimate of drug-likeness (QED) is 0.207. The molecule has 0 aliphatic carbocycles. The molecule has 3 aromatic rings. The Bertz CT molecular complexity index is 1220. The summed E-state index contributed by atoms with van der Waals surface area (Å²) in [4.78, 5) is 37.8. The third kappa shape index (κ3) is 3.67. The van der Waals surface area contributed by atoms with Crippen LogP contribution in [0.2, 0.25) is 5.02 Å². The van der Waals surface area contributed by atoms with Crippen molar-refractivity contribution in [3.63, 3.8) is 0 Å². The molecule has 31 heavy (non-hydrogen) atoms. The molecule has 8 heteroatoms. The van der Waals surface area contributed by atoms with E-state index in [9.17, 15) is 24.8 Å². The topological polar surface area (TPSA) is 101 Å². The molecule has 1 N–H and O–H groups in total. The van der Waals surface area contributed by atoms with E-state index >= 15 is 0 Å². The molecule has 7 nitrogen and oxygen atoms in total. The van der Waals surface area contributed by atoms with Crippen LogP contribution in [0.3, 0.4) is 0 Å². The maximum atomic E-state index is 13.0. The number of nitro groups is 1. The molecule has 1 fully saturated rings. The van der Waals surface area contributed by atoms with E-state index in [0.717, 1.165) is 4.90 Å². The van der Waals surface area contributed by atoms with Gasteiger partial charge in [0.05, 0.1) is 22.2 Å². The number of aliphatic hydroxyl groups is 1. The highest BCUT2D eigenvalue weighted by molar-refractivity contribution is 6.51. The number of nitro benzene ring substituents is 1. The summed E-state index contributed by atoms with van der Waals surface area (Å²) >= 11 is 6.00. The number of ketones is 1. The first kappa shape index (κ1) is 20.3. The molecule has 154 valence electrons. The van der Waals surface area contributed by atoms with E-state index in [1.165, 1.54) is 24.3 Å². The van der Waals surface area contributed by atoms with Crippen molar-refractivity contribution >= 4 is 40.4 Å². The van der Waals surface area contributed by atoms with Gasteiger partial charge in [-0.2, -0.15) is 0 Å². The molecule has 1 saturated heterocycles. The van der Waals surface area contributed by atoms with Crippen LogP contribution in [0.25, 0.3) is 5.76 Å². The summed E-state index contributed by atoms with van der Waals surface area (Å²) in [6.45, 7) is 0. The normalized spacial score (nSPS) is 17.7. The van der Waals surface area contributed by atoms with E-state index in [1.54, 1.807) is 54.6 Å². The molecule has 1 aliphatic rings. The number of rotatable bonds is 4. The van der Waals surface area contributed by atoms with Crippen LogP contribution in [-0.4, -0.2) is 21.7 Å². The molecule has 0 bridgehead atoms. The highest BCUT2D eigenvalue weighted by Gasteiger charge is 2.47. The van der Waals surface area contributed by atoms with Gasteiger partial charge in [-0.15, -0.1) is 0 Å². The number of anilines is 1. The number of benzene rings is 3. The Balaban J connectivity index is 1.95. The largest absolute Gasteiger partial charge is 0.507 e. The lowest BCUT2D eigenvalue weighted by Gasteiger charge is -2.25. The van der Waals surface area contributed by atoms with E-state index < -0.39 is 22.7 Å². The predicted octanol–water partition coefficient (Wildman–Crippen LogP) is 4.87. The second-order valence-corrected chi connectivity index (χ2v) is 7.30. The second kappa shape index (κ2) is 8.04. The van der Waals surface area contributed by atoms with Crippen LogP contribution in [0.1, 0.15) is 17.2 Å². The molecular formula is C23H15ClN2O5. The van der Waals surface area contributed by atoms with Gasteiger partial charge in [0.2, 0.25) is 0 Å². The van der Waals surface area contributed by atoms with E-state index in [4.69, 9.17) is 11.6 Å². The van der Waals surface area contributed by atoms with Crippen molar-refractivity contribution < 1.29 is 19.6 Å². The summed E-state index contributed by atoms with van der Waals surface area (Å²) in [6.07, 6.45) is 0. The average molecular weight is 435 g/mol. The standard InChI is InChI=1S/C23H15ClN2O5/c24-16-11-9-14(10-12-16)20-19(21(27)15-5-2-1-3-6-15)22(28)23(29)25(20)17-7-4-8-18(13-17)26(30)31/h1-13,20,27H/t20-/m1/s1. The van der Waals surface area contributed by atoms with Gasteiger partial charge in [0.25, 0.3) is 17.4 Å². The van der Waals surface area contributed by atoms with Crippen molar-refractivity contribution in [1.82, 2.24) is 0 Å². The third-order valence-corrected chi connectivity index (χ3v) is 5.25. The number of halogens is 1. The van der Waals surface area contributed by atoms with Crippen molar-refractivity contribution in [3.05, 3.63) is 111 Å². The summed E-state index contributed by atoms with van der Waals surface area (Å²) in [5.74, 6) is -2.10. The summed E-state index contributed by atoms with van der Waals surface area (Å²) in [6, 6.07) is 19.3. The van der Waals surface area contributed by atoms with Crippen LogP contribution >= 0.6 is 11.6 Å². The SMILES string of the molecule is O=C1C(=O)N(c2cccc([N+](=O)[O-])c2)[C@H](c2ccc(Cl)cc2)C1=C(O)c1ccccc1. The number of aliphatic hydroxyl groups excluding tert-OH is 1. The van der Waals surface area contributed by atoms with Crippen LogP contribution in [0.4, 0.5) is 11.4 Å². The zero-order valence-corrected chi connectivity index (χ0v) is 16.7. The Labute approximate surface area is 182 Å². The second-order valence-electron chi connectivity index (χ2n) is 6.86. The van der Waals surface area contributed by atoms with Gasteiger partial charge in [-0.3, -0.25) is 24.6 Å². The summed E-state index contributed by atoms with van der Waals surface area (Å²) in [5.41, 5.74) is 0.733. The lowest BCUT2D eigenvalue weighted by molar-refractivity contribution is -0.384. The van der Waals surface area contributed by atoms with Crippen molar-refractivity contribution in [3.8, 4) is 0 Å². The number of hydrogen-bond acceptors (Lipinski definition) is 5. The molecule has 4 rings (SSSR count). The maximum Gasteiger partial charge on any atom is 0.300 e. The van der Waals surface area contributed by atoms with Crippen molar-refractivity contribution in [2.45, 2.75) is 6.04 Å². The number of Topliss-reactive ketones (excluding diaryl/α,β-unsaturated/α-hetero) is 1. The highest BCUT2D eigenvalue weighted by Crippen LogP contribution is 2.42. The molecule has 0 radical (unpaired) electrons. The fourth-order valence-corrected chi connectivity index (χ4v) is 3.69. The smallest absolute Gasteiger partial charge is 0.300 e. The van der Waals surface area contributed by atoms with E-state index in [-0.39, 0.29) is 22.7 Å². The van der Waals surface area contributed by atoms with Gasteiger partial charge in [-0.05, 0) is 23.8 Å². The Morgan fingerprint density at radius 1 is 0.968 bits per heavy atom. The summed E-state index contributed by atoms with van der Waals surface area (Å²) in [7, 11) is 0. The molecular weight excluding hydrogens is 420 g/mol. The van der Waals surface area contributed by atoms with Crippen molar-refractivity contribution in [2.75, 3.05) is 4.90 Å². The maximum absolute atomic E-state index is 13.0. The number of carbonyl (C=O) groups is 2. The molecule has 0 aromatic heterocycles. The van der Waals surface area contributed by atoms with Crippen LogP contribution in [0.5, 0.6) is 0 Å². The van der Waals surface area contributed by atoms with Gasteiger partial charge in [0, 0.05) is 22.7 Å². The molecule has 0 unspecified atom stereocenters. The van der Waals surface area contributed by atoms with E-state index in [2.05, 4.69) is 0 Å². The Morgan fingerprint density at radius 3 is 2.29 bits per heavy atom. The number of hydrogen-bond donors (Lipinski definition) is 1. The first-order valence-electron chi connectivity index (χ1n) is 9.25. The van der Waals surface area contributed by atoms with Gasteiger partial charge in [-0.25, -0.2) is 0 Å². The minimum absolute atomic E-state index is 0.106. The van der Waals surface area contributed by atoms with Gasteiger partial charge < -0.3 is 5.11 Å². The van der Waals surface area contributed by atoms with Crippen molar-refractivity contribution in [2.24, 2.45) is 0 Å². The van der Waals surface area contributed by atoms with Gasteiger partial charge in [-0.1, -0.05) is 60.1 Å². The number of nitrogens with zero attached hydrogens (tertiary/aromatic N) is 2. The summed E-state index contributed by atoms with van der Waals surface area (Å²) in [5, 5.41) is 22.6. The molecule has 0 spiro atoms. The lowest BCUT2D eigenvalue weighted by Crippen LogP contribution is -2.29. The first-order chi connectivity index (χ1) is 14.9. The molecule has 1 amide bonds. The monoisotopic (exact) mass is 434 g/mol. The molecule has 3 aromatic carbocycles. The zero-order chi connectivity index (χ0) is 22.1. The first-order valence-corrected chi connectivity index (χ1v) is 9.62. The zero-order valence-electron chi connectivity index (χ0n) is 15.9. The summed E-state index contributed by atoms with van der Waals surface area (Å²) < 4.78 is 0. The van der Waals surface area contributed by atoms with Crippen LogP contribution in [0, 0.1) is 10.1 Å². The molecule has 1 heterocycles. The van der Waals surface area contributed by atoms with E-state index in [0.29, 0.717) is 16.1 Å². The third-order valence-electron chi connectivity index (χ3n) is 5.00. The van der Waals surface area contributed by atoms with Crippen molar-refractivity contribution in [1.29, 1.82) is 0 Å². The highest BCUT2D eigenvalue weighted by atomic mass is 35.5. The van der Waals surface area contributed by atoms with Gasteiger partial charge >= 0.3 is 0 Å². The number of amides is 1. The van der Waals surface area contributed by atoms with Crippen LogP contribution in [0.15, 0.2) is 84.4 Å².